The van der Waals surface area contributed by atoms with E-state index >= 15 is 0 Å². The number of carbonyl (C=O) groups is 1. The molecular weight excluding hydrogens is 526 g/mol. The zero-order valence-corrected chi connectivity index (χ0v) is 24.2. The molecule has 3 fully saturated rings. The molecular formula is C33H41N7O2. The predicted octanol–water partition coefficient (Wildman–Crippen LogP) is 4.17. The van der Waals surface area contributed by atoms with Crippen molar-refractivity contribution in [1.29, 1.82) is 0 Å². The summed E-state index contributed by atoms with van der Waals surface area (Å²) in [5, 5.41) is 20.5. The van der Waals surface area contributed by atoms with Gasteiger partial charge in [0.05, 0.1) is 30.7 Å². The molecule has 9 heteroatoms. The molecule has 2 atom stereocenters. The Hall–Kier alpha value is -3.69. The number of β-amino-alcohol motifs (C(OH)–C–C–N with tert-alkyl or cyclic N) is 1. The molecule has 1 unspecified atom stereocenters. The largest absolute Gasteiger partial charge is 0.387 e. The van der Waals surface area contributed by atoms with Crippen molar-refractivity contribution < 1.29 is 9.90 Å². The molecule has 0 bridgehead atoms. The first-order valence-electron chi connectivity index (χ1n) is 15.4. The summed E-state index contributed by atoms with van der Waals surface area (Å²) in [5.41, 5.74) is 2.25. The zero-order valence-electron chi connectivity index (χ0n) is 24.2. The molecule has 4 heterocycles. The van der Waals surface area contributed by atoms with E-state index in [9.17, 15) is 9.90 Å². The van der Waals surface area contributed by atoms with Crippen LogP contribution < -0.4 is 5.32 Å². The fourth-order valence-corrected chi connectivity index (χ4v) is 7.73. The van der Waals surface area contributed by atoms with Crippen LogP contribution in [0.3, 0.4) is 0 Å². The number of nitrogens with zero attached hydrogens (tertiary/aromatic N) is 6. The molecule has 1 spiro atoms. The molecule has 1 aliphatic carbocycles. The zero-order chi connectivity index (χ0) is 28.6. The van der Waals surface area contributed by atoms with Gasteiger partial charge in [-0.3, -0.25) is 0 Å². The minimum Gasteiger partial charge on any atom is -0.387 e. The number of aromatic nitrogens is 2. The van der Waals surface area contributed by atoms with E-state index in [1.54, 1.807) is 0 Å². The van der Waals surface area contributed by atoms with Gasteiger partial charge in [0.1, 0.15) is 0 Å². The van der Waals surface area contributed by atoms with E-state index < -0.39 is 5.60 Å². The molecule has 2 N–H and O–H groups in total. The molecule has 2 aromatic carbocycles. The minimum absolute atomic E-state index is 0.0225. The van der Waals surface area contributed by atoms with Gasteiger partial charge in [0, 0.05) is 56.8 Å². The normalized spacial score (nSPS) is 25.2. The number of piperidine rings is 1. The van der Waals surface area contributed by atoms with Gasteiger partial charge in [0.25, 0.3) is 0 Å². The van der Waals surface area contributed by atoms with E-state index in [1.807, 2.05) is 63.4 Å². The first kappa shape index (κ1) is 27.2. The van der Waals surface area contributed by atoms with Gasteiger partial charge in [-0.1, -0.05) is 73.5 Å². The SMILES string of the molecule is O=C(N1CCC(O)(CN2C=Nc3c(cnn3Cc3ccccc3)C2)C2(CCCC2)C1)N1CCNC[C@H]1c1ccccc1. The standard InChI is InChI=1S/C33H41N7O2/c41-31(39-18-16-34-20-29(39)27-11-5-2-6-12-27)38-17-15-33(42,32(23-38)13-7-8-14-32)24-37-22-28-19-36-40(30(28)35-25-37)21-26-9-3-1-4-10-26/h1-6,9-12,19,25,29,34,42H,7-8,13-18,20-24H2/t29-,33?/m0/s1. The van der Waals surface area contributed by atoms with Gasteiger partial charge in [-0.2, -0.15) is 5.10 Å². The second-order valence-electron chi connectivity index (χ2n) is 12.6. The molecule has 2 saturated heterocycles. The van der Waals surface area contributed by atoms with Crippen LogP contribution in [0.1, 0.15) is 54.8 Å². The number of amides is 2. The summed E-state index contributed by atoms with van der Waals surface area (Å²) in [6, 6.07) is 20.8. The number of likely N-dealkylation sites (tertiary alicyclic amines) is 1. The molecule has 7 rings (SSSR count). The van der Waals surface area contributed by atoms with Crippen LogP contribution in [0.15, 0.2) is 71.9 Å². The quantitative estimate of drug-likeness (QED) is 0.483. The summed E-state index contributed by atoms with van der Waals surface area (Å²) >= 11 is 0. The number of aliphatic imine (C=N–C) groups is 1. The maximum Gasteiger partial charge on any atom is 0.320 e. The number of carbonyl (C=O) groups excluding carboxylic acids is 1. The molecule has 9 nitrogen and oxygen atoms in total. The second-order valence-corrected chi connectivity index (χ2v) is 12.6. The van der Waals surface area contributed by atoms with Crippen molar-refractivity contribution in [3.8, 4) is 0 Å². The number of rotatable bonds is 5. The van der Waals surface area contributed by atoms with Crippen LogP contribution >= 0.6 is 0 Å². The van der Waals surface area contributed by atoms with Gasteiger partial charge in [0.2, 0.25) is 0 Å². The highest BCUT2D eigenvalue weighted by molar-refractivity contribution is 5.75. The Morgan fingerprint density at radius 2 is 1.76 bits per heavy atom. The highest BCUT2D eigenvalue weighted by Gasteiger charge is 2.56. The molecule has 42 heavy (non-hydrogen) atoms. The summed E-state index contributed by atoms with van der Waals surface area (Å²) in [6.07, 6.45) is 8.45. The van der Waals surface area contributed by atoms with Gasteiger partial charge in [-0.05, 0) is 30.4 Å². The van der Waals surface area contributed by atoms with Crippen LogP contribution in [0.5, 0.6) is 0 Å². The smallest absolute Gasteiger partial charge is 0.320 e. The molecule has 3 aliphatic heterocycles. The van der Waals surface area contributed by atoms with Crippen molar-refractivity contribution in [2.75, 3.05) is 39.3 Å². The Morgan fingerprint density at radius 1 is 1.00 bits per heavy atom. The minimum atomic E-state index is -0.883. The second kappa shape index (κ2) is 11.2. The van der Waals surface area contributed by atoms with Gasteiger partial charge in [-0.15, -0.1) is 0 Å². The lowest BCUT2D eigenvalue weighted by Crippen LogP contribution is -2.65. The topological polar surface area (TPSA) is 89.2 Å². The van der Waals surface area contributed by atoms with Crippen molar-refractivity contribution in [2.45, 2.75) is 56.8 Å². The lowest BCUT2D eigenvalue weighted by Gasteiger charge is -2.54. The van der Waals surface area contributed by atoms with Gasteiger partial charge >= 0.3 is 6.03 Å². The number of hydrogen-bond acceptors (Lipinski definition) is 6. The fraction of sp³-hybridized carbons (Fsp3) is 0.485. The molecule has 2 amide bonds. The lowest BCUT2D eigenvalue weighted by molar-refractivity contribution is -0.134. The average molecular weight is 568 g/mol. The summed E-state index contributed by atoms with van der Waals surface area (Å²) in [7, 11) is 0. The number of nitrogens with one attached hydrogen (secondary N) is 1. The van der Waals surface area contributed by atoms with Crippen molar-refractivity contribution in [3.63, 3.8) is 0 Å². The average Bonchev–Trinajstić information content (AvgIpc) is 3.67. The third kappa shape index (κ3) is 4.98. The Kier molecular flexibility index (Phi) is 7.23. The van der Waals surface area contributed by atoms with Gasteiger partial charge in [-0.25, -0.2) is 14.5 Å². The fourth-order valence-electron chi connectivity index (χ4n) is 7.73. The third-order valence-corrected chi connectivity index (χ3v) is 10.0. The first-order valence-corrected chi connectivity index (χ1v) is 15.4. The lowest BCUT2D eigenvalue weighted by atomic mass is 9.65. The van der Waals surface area contributed by atoms with Crippen molar-refractivity contribution in [2.24, 2.45) is 10.4 Å². The first-order chi connectivity index (χ1) is 20.5. The van der Waals surface area contributed by atoms with E-state index in [0.717, 1.165) is 55.7 Å². The van der Waals surface area contributed by atoms with E-state index in [4.69, 9.17) is 4.99 Å². The van der Waals surface area contributed by atoms with Crippen molar-refractivity contribution in [1.82, 2.24) is 29.8 Å². The summed E-state index contributed by atoms with van der Waals surface area (Å²) < 4.78 is 1.95. The monoisotopic (exact) mass is 567 g/mol. The molecule has 4 aliphatic rings. The molecule has 1 saturated carbocycles. The third-order valence-electron chi connectivity index (χ3n) is 10.0. The van der Waals surface area contributed by atoms with Gasteiger partial charge in [0.15, 0.2) is 5.82 Å². The van der Waals surface area contributed by atoms with Crippen LogP contribution in [0.2, 0.25) is 0 Å². The van der Waals surface area contributed by atoms with Crippen LogP contribution in [-0.4, -0.2) is 86.8 Å². The van der Waals surface area contributed by atoms with Crippen LogP contribution in [0.4, 0.5) is 10.6 Å². The van der Waals surface area contributed by atoms with Crippen molar-refractivity contribution in [3.05, 3.63) is 83.6 Å². The van der Waals surface area contributed by atoms with Crippen LogP contribution in [0.25, 0.3) is 0 Å². The Morgan fingerprint density at radius 3 is 2.55 bits per heavy atom. The van der Waals surface area contributed by atoms with E-state index in [-0.39, 0.29) is 17.5 Å². The Bertz CT molecular complexity index is 1420. The number of benzene rings is 2. The van der Waals surface area contributed by atoms with Gasteiger partial charge < -0.3 is 25.1 Å². The molecule has 1 aromatic heterocycles. The number of urea groups is 1. The highest BCUT2D eigenvalue weighted by atomic mass is 16.3. The number of hydrogen-bond donors (Lipinski definition) is 2. The summed E-state index contributed by atoms with van der Waals surface area (Å²) in [5.74, 6) is 0.891. The maximum atomic E-state index is 14.1. The van der Waals surface area contributed by atoms with E-state index in [2.05, 4.69) is 39.6 Å². The number of fused-ring (bicyclic) bond motifs is 1. The van der Waals surface area contributed by atoms with E-state index in [1.165, 1.54) is 5.56 Å². The Balaban J connectivity index is 1.06. The van der Waals surface area contributed by atoms with E-state index in [0.29, 0.717) is 45.7 Å². The number of piperazine rings is 1. The van der Waals surface area contributed by atoms with Crippen molar-refractivity contribution >= 4 is 18.2 Å². The highest BCUT2D eigenvalue weighted by Crippen LogP contribution is 2.51. The molecule has 0 radical (unpaired) electrons. The number of aliphatic hydroxyl groups is 1. The summed E-state index contributed by atoms with van der Waals surface area (Å²) in [6.45, 7) is 5.30. The maximum absolute atomic E-state index is 14.1. The molecule has 3 aromatic rings. The Labute approximate surface area is 247 Å². The summed E-state index contributed by atoms with van der Waals surface area (Å²) in [4.78, 5) is 25.1. The van der Waals surface area contributed by atoms with Crippen LogP contribution in [-0.2, 0) is 13.1 Å². The van der Waals surface area contributed by atoms with Crippen LogP contribution in [0, 0.1) is 5.41 Å². The molecule has 220 valence electrons. The predicted molar refractivity (Wildman–Crippen MR) is 163 cm³/mol.